The van der Waals surface area contributed by atoms with Gasteiger partial charge in [0.2, 0.25) is 0 Å². The molecule has 0 amide bonds. The van der Waals surface area contributed by atoms with Crippen molar-refractivity contribution in [2.75, 3.05) is 7.05 Å². The van der Waals surface area contributed by atoms with Gasteiger partial charge in [-0.05, 0) is 75.5 Å². The maximum absolute atomic E-state index is 4.54. The molecule has 1 atom stereocenters. The predicted molar refractivity (Wildman–Crippen MR) is 86.5 cm³/mol. The van der Waals surface area contributed by atoms with Crippen LogP contribution in [0.25, 0.3) is 0 Å². The molecule has 0 saturated heterocycles. The molecule has 19 heavy (non-hydrogen) atoms. The Morgan fingerprint density at radius 1 is 1.21 bits per heavy atom. The van der Waals surface area contributed by atoms with Gasteiger partial charge in [0.05, 0.1) is 11.7 Å². The number of nitrogens with zero attached hydrogens (tertiary/aromatic N) is 1. The number of rotatable bonds is 3. The van der Waals surface area contributed by atoms with Crippen molar-refractivity contribution in [3.8, 4) is 0 Å². The zero-order chi connectivity index (χ0) is 14.0. The summed E-state index contributed by atoms with van der Waals surface area (Å²) in [6, 6.07) is 8.49. The molecule has 0 fully saturated rings. The lowest BCUT2D eigenvalue weighted by Gasteiger charge is -2.20. The van der Waals surface area contributed by atoms with Gasteiger partial charge in [0, 0.05) is 15.1 Å². The third kappa shape index (κ3) is 3.07. The fourth-order valence-corrected chi connectivity index (χ4v) is 3.38. The van der Waals surface area contributed by atoms with Crippen LogP contribution in [0.15, 0.2) is 39.4 Å². The van der Waals surface area contributed by atoms with Gasteiger partial charge >= 0.3 is 0 Å². The second-order valence-corrected chi connectivity index (χ2v) is 6.30. The quantitative estimate of drug-likeness (QED) is 0.841. The Bertz CT molecular complexity index is 597. The van der Waals surface area contributed by atoms with Gasteiger partial charge in [-0.2, -0.15) is 0 Å². The molecule has 1 unspecified atom stereocenters. The maximum Gasteiger partial charge on any atom is 0.0763 e. The summed E-state index contributed by atoms with van der Waals surface area (Å²) in [7, 11) is 1.96. The summed E-state index contributed by atoms with van der Waals surface area (Å²) in [5, 5.41) is 3.36. The molecule has 1 heterocycles. The van der Waals surface area contributed by atoms with E-state index in [0.717, 1.165) is 14.6 Å². The number of halogens is 2. The van der Waals surface area contributed by atoms with Crippen molar-refractivity contribution in [2.24, 2.45) is 0 Å². The Morgan fingerprint density at radius 3 is 2.58 bits per heavy atom. The van der Waals surface area contributed by atoms with Crippen LogP contribution in [0.4, 0.5) is 0 Å². The number of benzene rings is 1. The molecular formula is C15H16Br2N2. The second kappa shape index (κ2) is 6.16. The maximum atomic E-state index is 4.54. The first kappa shape index (κ1) is 14.7. The largest absolute Gasteiger partial charge is 0.308 e. The number of aromatic nitrogens is 1. The van der Waals surface area contributed by atoms with Crippen LogP contribution in [0.5, 0.6) is 0 Å². The van der Waals surface area contributed by atoms with Gasteiger partial charge < -0.3 is 5.32 Å². The minimum atomic E-state index is 0.0855. The molecule has 2 rings (SSSR count). The smallest absolute Gasteiger partial charge is 0.0763 e. The Morgan fingerprint density at radius 2 is 1.95 bits per heavy atom. The van der Waals surface area contributed by atoms with Gasteiger partial charge in [0.25, 0.3) is 0 Å². The SMILES string of the molecule is CNC(c1cccc(C)c1C)c1ncc(Br)cc1Br. The van der Waals surface area contributed by atoms with Crippen LogP contribution in [0.2, 0.25) is 0 Å². The molecular weight excluding hydrogens is 368 g/mol. The summed E-state index contributed by atoms with van der Waals surface area (Å²) < 4.78 is 1.97. The molecule has 0 bridgehead atoms. The molecule has 2 nitrogen and oxygen atoms in total. The third-order valence-electron chi connectivity index (χ3n) is 3.36. The third-order valence-corrected chi connectivity index (χ3v) is 4.42. The Kier molecular flexibility index (Phi) is 4.76. The summed E-state index contributed by atoms with van der Waals surface area (Å²) in [4.78, 5) is 4.54. The lowest BCUT2D eigenvalue weighted by Crippen LogP contribution is -2.20. The predicted octanol–water partition coefficient (Wildman–Crippen LogP) is 4.53. The number of hydrogen-bond donors (Lipinski definition) is 1. The summed E-state index contributed by atoms with van der Waals surface area (Å²) in [6.45, 7) is 4.29. The molecule has 0 spiro atoms. The van der Waals surface area contributed by atoms with Gasteiger partial charge in [-0.25, -0.2) is 0 Å². The fourth-order valence-electron chi connectivity index (χ4n) is 2.16. The van der Waals surface area contributed by atoms with E-state index >= 15 is 0 Å². The van der Waals surface area contributed by atoms with E-state index in [-0.39, 0.29) is 6.04 Å². The lowest BCUT2D eigenvalue weighted by molar-refractivity contribution is 0.662. The number of aryl methyl sites for hydroxylation is 1. The van der Waals surface area contributed by atoms with Gasteiger partial charge in [0.15, 0.2) is 0 Å². The molecule has 0 saturated carbocycles. The molecule has 4 heteroatoms. The topological polar surface area (TPSA) is 24.9 Å². The molecule has 100 valence electrons. The zero-order valence-electron chi connectivity index (χ0n) is 11.2. The fraction of sp³-hybridized carbons (Fsp3) is 0.267. The first-order valence-corrected chi connectivity index (χ1v) is 7.67. The van der Waals surface area contributed by atoms with Crippen LogP contribution in [-0.4, -0.2) is 12.0 Å². The Hall–Kier alpha value is -0.710. The van der Waals surface area contributed by atoms with Gasteiger partial charge in [-0.3, -0.25) is 4.98 Å². The molecule has 0 aliphatic carbocycles. The molecule has 1 aromatic heterocycles. The average Bonchev–Trinajstić information content (AvgIpc) is 2.37. The van der Waals surface area contributed by atoms with Crippen molar-refractivity contribution >= 4 is 31.9 Å². The van der Waals surface area contributed by atoms with E-state index in [2.05, 4.69) is 74.2 Å². The van der Waals surface area contributed by atoms with E-state index in [1.54, 1.807) is 0 Å². The summed E-state index contributed by atoms with van der Waals surface area (Å²) in [5.41, 5.74) is 4.86. The van der Waals surface area contributed by atoms with Gasteiger partial charge in [-0.15, -0.1) is 0 Å². The van der Waals surface area contributed by atoms with Crippen LogP contribution < -0.4 is 5.32 Å². The van der Waals surface area contributed by atoms with E-state index in [1.807, 2.05) is 19.3 Å². The van der Waals surface area contributed by atoms with Crippen molar-refractivity contribution in [1.29, 1.82) is 0 Å². The van der Waals surface area contributed by atoms with Crippen LogP contribution >= 0.6 is 31.9 Å². The van der Waals surface area contributed by atoms with E-state index in [0.29, 0.717) is 0 Å². The number of hydrogen-bond acceptors (Lipinski definition) is 2. The molecule has 0 radical (unpaired) electrons. The molecule has 1 N–H and O–H groups in total. The van der Waals surface area contributed by atoms with E-state index in [9.17, 15) is 0 Å². The number of nitrogens with one attached hydrogen (secondary N) is 1. The Balaban J connectivity index is 2.53. The van der Waals surface area contributed by atoms with E-state index in [4.69, 9.17) is 0 Å². The van der Waals surface area contributed by atoms with Gasteiger partial charge in [0.1, 0.15) is 0 Å². The molecule has 2 aromatic rings. The van der Waals surface area contributed by atoms with E-state index < -0.39 is 0 Å². The standard InChI is InChI=1S/C15H16Br2N2/c1-9-5-4-6-12(10(9)2)14(18-3)15-13(17)7-11(16)8-19-15/h4-8,14,18H,1-3H3. The monoisotopic (exact) mass is 382 g/mol. The highest BCUT2D eigenvalue weighted by Crippen LogP contribution is 2.30. The molecule has 0 aliphatic heterocycles. The van der Waals surface area contributed by atoms with Crippen LogP contribution in [-0.2, 0) is 0 Å². The zero-order valence-corrected chi connectivity index (χ0v) is 14.3. The van der Waals surface area contributed by atoms with E-state index in [1.165, 1.54) is 16.7 Å². The Labute approximate surface area is 130 Å². The highest BCUT2D eigenvalue weighted by molar-refractivity contribution is 9.11. The highest BCUT2D eigenvalue weighted by Gasteiger charge is 2.19. The minimum absolute atomic E-state index is 0.0855. The van der Waals surface area contributed by atoms with Crippen molar-refractivity contribution in [1.82, 2.24) is 10.3 Å². The van der Waals surface area contributed by atoms with Crippen molar-refractivity contribution in [3.05, 3.63) is 61.8 Å². The second-order valence-electron chi connectivity index (χ2n) is 4.53. The summed E-state index contributed by atoms with van der Waals surface area (Å²) in [5.74, 6) is 0. The van der Waals surface area contributed by atoms with Crippen LogP contribution in [0, 0.1) is 13.8 Å². The summed E-state index contributed by atoms with van der Waals surface area (Å²) >= 11 is 7.03. The number of pyridine rings is 1. The highest BCUT2D eigenvalue weighted by atomic mass is 79.9. The lowest BCUT2D eigenvalue weighted by atomic mass is 9.95. The van der Waals surface area contributed by atoms with Crippen molar-refractivity contribution < 1.29 is 0 Å². The summed E-state index contributed by atoms with van der Waals surface area (Å²) in [6.07, 6.45) is 1.83. The molecule has 1 aromatic carbocycles. The van der Waals surface area contributed by atoms with Crippen molar-refractivity contribution in [2.45, 2.75) is 19.9 Å². The van der Waals surface area contributed by atoms with Crippen LogP contribution in [0.3, 0.4) is 0 Å². The van der Waals surface area contributed by atoms with Crippen molar-refractivity contribution in [3.63, 3.8) is 0 Å². The normalized spacial score (nSPS) is 12.5. The molecule has 0 aliphatic rings. The minimum Gasteiger partial charge on any atom is -0.308 e. The first-order chi connectivity index (χ1) is 9.04. The average molecular weight is 384 g/mol. The first-order valence-electron chi connectivity index (χ1n) is 6.09. The van der Waals surface area contributed by atoms with Crippen LogP contribution in [0.1, 0.15) is 28.4 Å². The van der Waals surface area contributed by atoms with Gasteiger partial charge in [-0.1, -0.05) is 18.2 Å².